The number of rotatable bonds is 9. The van der Waals surface area contributed by atoms with Gasteiger partial charge in [0.15, 0.2) is 11.5 Å². The minimum absolute atomic E-state index is 0.0859. The highest BCUT2D eigenvalue weighted by Crippen LogP contribution is 2.30. The molecular formula is C25H27N3O4. The van der Waals surface area contributed by atoms with E-state index in [4.69, 9.17) is 9.47 Å². The van der Waals surface area contributed by atoms with Crippen molar-refractivity contribution >= 4 is 23.2 Å². The van der Waals surface area contributed by atoms with Gasteiger partial charge in [-0.1, -0.05) is 19.9 Å². The Morgan fingerprint density at radius 2 is 1.62 bits per heavy atom. The normalized spacial score (nSPS) is 10.5. The maximum atomic E-state index is 12.8. The Balaban J connectivity index is 1.71. The molecule has 32 heavy (non-hydrogen) atoms. The zero-order chi connectivity index (χ0) is 22.9. The van der Waals surface area contributed by atoms with E-state index in [1.54, 1.807) is 54.9 Å². The number of carbonyl (C=O) groups is 2. The number of ether oxygens (including phenoxy) is 2. The van der Waals surface area contributed by atoms with Crippen LogP contribution in [0.4, 0.5) is 11.4 Å². The lowest BCUT2D eigenvalue weighted by Gasteiger charge is -2.14. The summed E-state index contributed by atoms with van der Waals surface area (Å²) in [6, 6.07) is 15.8. The second-order valence-electron chi connectivity index (χ2n) is 7.42. The summed E-state index contributed by atoms with van der Waals surface area (Å²) in [7, 11) is 0. The molecule has 2 amide bonds. The van der Waals surface area contributed by atoms with Crippen LogP contribution >= 0.6 is 0 Å². The summed E-state index contributed by atoms with van der Waals surface area (Å²) in [6.07, 6.45) is 3.41. The Kier molecular flexibility index (Phi) is 7.80. The molecule has 0 aliphatic rings. The van der Waals surface area contributed by atoms with Gasteiger partial charge >= 0.3 is 0 Å². The first-order chi connectivity index (χ1) is 15.5. The first-order valence-corrected chi connectivity index (χ1v) is 10.5. The van der Waals surface area contributed by atoms with E-state index in [0.29, 0.717) is 41.7 Å². The fraction of sp³-hybridized carbons (Fsp3) is 0.240. The van der Waals surface area contributed by atoms with Gasteiger partial charge in [-0.3, -0.25) is 14.6 Å². The van der Waals surface area contributed by atoms with E-state index in [1.165, 1.54) is 0 Å². The Hall–Kier alpha value is -3.87. The van der Waals surface area contributed by atoms with Crippen molar-refractivity contribution in [2.24, 2.45) is 5.92 Å². The molecule has 0 saturated carbocycles. The number of aromatic nitrogens is 1. The van der Waals surface area contributed by atoms with Crippen molar-refractivity contribution < 1.29 is 19.1 Å². The molecule has 0 unspecified atom stereocenters. The van der Waals surface area contributed by atoms with Crippen LogP contribution in [0.25, 0.3) is 0 Å². The number of anilines is 2. The van der Waals surface area contributed by atoms with Crippen molar-refractivity contribution in [2.45, 2.75) is 27.4 Å². The van der Waals surface area contributed by atoms with Gasteiger partial charge in [0.2, 0.25) is 5.91 Å². The Morgan fingerprint density at radius 3 is 2.31 bits per heavy atom. The van der Waals surface area contributed by atoms with E-state index < -0.39 is 0 Å². The molecule has 0 bridgehead atoms. The smallest absolute Gasteiger partial charge is 0.255 e. The summed E-state index contributed by atoms with van der Waals surface area (Å²) < 4.78 is 11.6. The lowest BCUT2D eigenvalue weighted by molar-refractivity contribution is -0.118. The molecule has 1 heterocycles. The topological polar surface area (TPSA) is 89.6 Å². The van der Waals surface area contributed by atoms with E-state index in [0.717, 1.165) is 5.56 Å². The Labute approximate surface area is 187 Å². The van der Waals surface area contributed by atoms with Crippen molar-refractivity contribution in [1.82, 2.24) is 4.98 Å². The van der Waals surface area contributed by atoms with Crippen LogP contribution < -0.4 is 20.1 Å². The highest BCUT2D eigenvalue weighted by Gasteiger charge is 2.13. The van der Waals surface area contributed by atoms with Crippen molar-refractivity contribution in [2.75, 3.05) is 17.2 Å². The van der Waals surface area contributed by atoms with E-state index in [9.17, 15) is 9.59 Å². The summed E-state index contributed by atoms with van der Waals surface area (Å²) in [6.45, 7) is 6.32. The van der Waals surface area contributed by atoms with Crippen LogP contribution in [0.5, 0.6) is 11.5 Å². The number of nitrogens with zero attached hydrogens (tertiary/aromatic N) is 1. The quantitative estimate of drug-likeness (QED) is 0.501. The Morgan fingerprint density at radius 1 is 0.906 bits per heavy atom. The average Bonchev–Trinajstić information content (AvgIpc) is 2.79. The monoisotopic (exact) mass is 433 g/mol. The standard InChI is InChI=1S/C25H27N3O4/c1-4-31-23-14-19(8-9-22(23)32-16-18-10-12-26-13-11-18)25(30)28-21-7-5-6-20(15-21)27-24(29)17(2)3/h5-15,17H,4,16H2,1-3H3,(H,27,29)(H,28,30). The van der Waals surface area contributed by atoms with Crippen LogP contribution in [0.2, 0.25) is 0 Å². The van der Waals surface area contributed by atoms with Gasteiger partial charge < -0.3 is 20.1 Å². The average molecular weight is 434 g/mol. The van der Waals surface area contributed by atoms with Gasteiger partial charge in [0.1, 0.15) is 6.61 Å². The van der Waals surface area contributed by atoms with Crippen LogP contribution in [-0.2, 0) is 11.4 Å². The number of benzene rings is 2. The second kappa shape index (κ2) is 10.9. The summed E-state index contributed by atoms with van der Waals surface area (Å²) in [4.78, 5) is 28.7. The third-order valence-corrected chi connectivity index (χ3v) is 4.56. The highest BCUT2D eigenvalue weighted by atomic mass is 16.5. The van der Waals surface area contributed by atoms with Crippen LogP contribution in [0.1, 0.15) is 36.7 Å². The van der Waals surface area contributed by atoms with Gasteiger partial charge in [0, 0.05) is 35.2 Å². The van der Waals surface area contributed by atoms with Crippen LogP contribution in [0, 0.1) is 5.92 Å². The zero-order valence-corrected chi connectivity index (χ0v) is 18.4. The van der Waals surface area contributed by atoms with Crippen molar-refractivity contribution in [3.63, 3.8) is 0 Å². The van der Waals surface area contributed by atoms with E-state index in [1.807, 2.05) is 32.9 Å². The molecule has 7 nitrogen and oxygen atoms in total. The minimum atomic E-state index is -0.293. The van der Waals surface area contributed by atoms with Crippen LogP contribution in [-0.4, -0.2) is 23.4 Å². The second-order valence-corrected chi connectivity index (χ2v) is 7.42. The molecule has 0 aliphatic heterocycles. The molecule has 7 heteroatoms. The minimum Gasteiger partial charge on any atom is -0.490 e. The van der Waals surface area contributed by atoms with Crippen LogP contribution in [0.15, 0.2) is 67.0 Å². The third-order valence-electron chi connectivity index (χ3n) is 4.56. The molecule has 0 radical (unpaired) electrons. The lowest BCUT2D eigenvalue weighted by Crippen LogP contribution is -2.18. The molecule has 0 saturated heterocycles. The molecule has 0 atom stereocenters. The predicted octanol–water partition coefficient (Wildman–Crippen LogP) is 4.91. The molecule has 0 aliphatic carbocycles. The first-order valence-electron chi connectivity index (χ1n) is 10.5. The number of carbonyl (C=O) groups excluding carboxylic acids is 2. The largest absolute Gasteiger partial charge is 0.490 e. The highest BCUT2D eigenvalue weighted by molar-refractivity contribution is 6.05. The number of hydrogen-bond acceptors (Lipinski definition) is 5. The van der Waals surface area contributed by atoms with Gasteiger partial charge in [-0.15, -0.1) is 0 Å². The summed E-state index contributed by atoms with van der Waals surface area (Å²) >= 11 is 0. The SMILES string of the molecule is CCOc1cc(C(=O)Nc2cccc(NC(=O)C(C)C)c2)ccc1OCc1ccncc1. The summed E-state index contributed by atoms with van der Waals surface area (Å²) in [5.74, 6) is 0.534. The predicted molar refractivity (Wildman–Crippen MR) is 124 cm³/mol. The van der Waals surface area contributed by atoms with E-state index in [-0.39, 0.29) is 17.7 Å². The number of pyridine rings is 1. The van der Waals surface area contributed by atoms with Crippen molar-refractivity contribution in [3.8, 4) is 11.5 Å². The fourth-order valence-electron chi connectivity index (χ4n) is 2.84. The summed E-state index contributed by atoms with van der Waals surface area (Å²) in [5, 5.41) is 5.68. The van der Waals surface area contributed by atoms with E-state index >= 15 is 0 Å². The lowest BCUT2D eigenvalue weighted by atomic mass is 10.1. The maximum absolute atomic E-state index is 12.8. The zero-order valence-electron chi connectivity index (χ0n) is 18.4. The molecule has 0 fully saturated rings. The van der Waals surface area contributed by atoms with E-state index in [2.05, 4.69) is 15.6 Å². The summed E-state index contributed by atoms with van der Waals surface area (Å²) in [5.41, 5.74) is 2.61. The third kappa shape index (κ3) is 6.31. The molecule has 3 aromatic rings. The van der Waals surface area contributed by atoms with Crippen LogP contribution in [0.3, 0.4) is 0 Å². The van der Waals surface area contributed by atoms with Gasteiger partial charge in [0.25, 0.3) is 5.91 Å². The molecule has 1 aromatic heterocycles. The molecule has 166 valence electrons. The first kappa shape index (κ1) is 22.8. The van der Waals surface area contributed by atoms with Gasteiger partial charge in [-0.25, -0.2) is 0 Å². The number of nitrogens with one attached hydrogen (secondary N) is 2. The Bertz CT molecular complexity index is 1070. The molecule has 3 rings (SSSR count). The molecule has 2 aromatic carbocycles. The molecule has 2 N–H and O–H groups in total. The van der Waals surface area contributed by atoms with Gasteiger partial charge in [0.05, 0.1) is 6.61 Å². The van der Waals surface area contributed by atoms with Crippen molar-refractivity contribution in [3.05, 3.63) is 78.1 Å². The van der Waals surface area contributed by atoms with Gasteiger partial charge in [-0.05, 0) is 61.0 Å². The van der Waals surface area contributed by atoms with Gasteiger partial charge in [-0.2, -0.15) is 0 Å². The number of amides is 2. The number of hydrogen-bond donors (Lipinski definition) is 2. The fourth-order valence-corrected chi connectivity index (χ4v) is 2.84. The molecule has 0 spiro atoms. The van der Waals surface area contributed by atoms with Crippen molar-refractivity contribution in [1.29, 1.82) is 0 Å². The molecular weight excluding hydrogens is 406 g/mol. The maximum Gasteiger partial charge on any atom is 0.255 e.